The first-order valence-electron chi connectivity index (χ1n) is 14.0. The maximum Gasteiger partial charge on any atom is 0.326 e. The van der Waals surface area contributed by atoms with Crippen LogP contribution in [-0.4, -0.2) is 86.2 Å². The quantitative estimate of drug-likeness (QED) is 0.292. The smallest absolute Gasteiger partial charge is 0.326 e. The summed E-state index contributed by atoms with van der Waals surface area (Å²) < 4.78 is 21.8. The number of hydrogen-bond acceptors (Lipinski definition) is 8. The van der Waals surface area contributed by atoms with Gasteiger partial charge in [-0.15, -0.1) is 0 Å². The monoisotopic (exact) mass is 569 g/mol. The number of nitrogens with one attached hydrogen (secondary N) is 2. The number of rotatable bonds is 14. The zero-order chi connectivity index (χ0) is 29.0. The highest BCUT2D eigenvalue weighted by molar-refractivity contribution is 5.93. The van der Waals surface area contributed by atoms with Crippen LogP contribution in [0.5, 0.6) is 11.5 Å². The van der Waals surface area contributed by atoms with Crippen molar-refractivity contribution in [3.8, 4) is 11.5 Å². The molecule has 222 valence electrons. The van der Waals surface area contributed by atoms with Gasteiger partial charge in [0.2, 0.25) is 0 Å². The number of piperidine rings is 1. The first-order chi connectivity index (χ1) is 19.9. The van der Waals surface area contributed by atoms with Gasteiger partial charge in [-0.3, -0.25) is 9.59 Å². The van der Waals surface area contributed by atoms with Crippen molar-refractivity contribution in [3.63, 3.8) is 0 Å². The van der Waals surface area contributed by atoms with Gasteiger partial charge in [-0.05, 0) is 56.1 Å². The van der Waals surface area contributed by atoms with Crippen molar-refractivity contribution in [1.82, 2.24) is 15.5 Å². The average molecular weight is 570 g/mol. The second-order valence-electron chi connectivity index (χ2n) is 10.2. The van der Waals surface area contributed by atoms with E-state index in [4.69, 9.17) is 18.9 Å². The predicted octanol–water partition coefficient (Wildman–Crippen LogP) is 2.12. The lowest BCUT2D eigenvalue weighted by molar-refractivity contribution is -0.144. The molecule has 0 aliphatic carbocycles. The van der Waals surface area contributed by atoms with E-state index in [1.165, 1.54) is 26.4 Å². The number of benzene rings is 2. The Morgan fingerprint density at radius 1 is 1.00 bits per heavy atom. The third kappa shape index (κ3) is 8.91. The van der Waals surface area contributed by atoms with E-state index in [2.05, 4.69) is 15.5 Å². The number of carbonyl (C=O) groups excluding carboxylic acids is 2. The van der Waals surface area contributed by atoms with Crippen LogP contribution >= 0.6 is 0 Å². The van der Waals surface area contributed by atoms with Gasteiger partial charge in [0.1, 0.15) is 24.3 Å². The highest BCUT2D eigenvalue weighted by atomic mass is 16.7. The second-order valence-corrected chi connectivity index (χ2v) is 10.2. The number of hydrogen-bond donors (Lipinski definition) is 3. The van der Waals surface area contributed by atoms with E-state index in [9.17, 15) is 19.5 Å². The van der Waals surface area contributed by atoms with Gasteiger partial charge >= 0.3 is 5.97 Å². The third-order valence-corrected chi connectivity index (χ3v) is 7.25. The predicted molar refractivity (Wildman–Crippen MR) is 150 cm³/mol. The number of methoxy groups -OCH3 is 1. The molecule has 2 heterocycles. The topological polar surface area (TPSA) is 136 Å². The van der Waals surface area contributed by atoms with Crippen LogP contribution in [-0.2, 0) is 36.8 Å². The van der Waals surface area contributed by atoms with E-state index >= 15 is 0 Å². The lowest BCUT2D eigenvalue weighted by Gasteiger charge is -2.26. The van der Waals surface area contributed by atoms with Gasteiger partial charge in [0, 0.05) is 25.1 Å². The lowest BCUT2D eigenvalue weighted by atomic mass is 10.0. The van der Waals surface area contributed by atoms with E-state index in [1.54, 1.807) is 30.3 Å². The van der Waals surface area contributed by atoms with Gasteiger partial charge in [0.25, 0.3) is 11.8 Å². The van der Waals surface area contributed by atoms with Crippen molar-refractivity contribution < 1.29 is 38.4 Å². The van der Waals surface area contributed by atoms with Crippen LogP contribution in [0, 0.1) is 0 Å². The van der Waals surface area contributed by atoms with Crippen LogP contribution in [0.15, 0.2) is 48.5 Å². The molecule has 2 saturated heterocycles. The Balaban J connectivity index is 1.25. The molecule has 11 heteroatoms. The Labute approximate surface area is 240 Å². The normalized spacial score (nSPS) is 19.7. The summed E-state index contributed by atoms with van der Waals surface area (Å²) in [5, 5.41) is 15.0. The minimum absolute atomic E-state index is 0.0502. The Kier molecular flexibility index (Phi) is 11.4. The van der Waals surface area contributed by atoms with Crippen LogP contribution < -0.4 is 20.1 Å². The Bertz CT molecular complexity index is 1150. The molecule has 3 atom stereocenters. The molecule has 0 spiro atoms. The van der Waals surface area contributed by atoms with E-state index in [-0.39, 0.29) is 19.8 Å². The number of carboxylic acid groups (broad SMARTS) is 1. The van der Waals surface area contributed by atoms with Crippen molar-refractivity contribution in [1.29, 1.82) is 0 Å². The average Bonchev–Trinajstić information content (AvgIpc) is 3.50. The van der Waals surface area contributed by atoms with Gasteiger partial charge in [-0.2, -0.15) is 0 Å². The summed E-state index contributed by atoms with van der Waals surface area (Å²) in [6.45, 7) is 3.86. The summed E-state index contributed by atoms with van der Waals surface area (Å²) in [4.78, 5) is 40.2. The van der Waals surface area contributed by atoms with Gasteiger partial charge < -0.3 is 39.6 Å². The first kappa shape index (κ1) is 30.3. The number of carboxylic acids is 1. The van der Waals surface area contributed by atoms with Crippen LogP contribution in [0.1, 0.15) is 36.8 Å². The van der Waals surface area contributed by atoms with E-state index in [0.29, 0.717) is 23.7 Å². The van der Waals surface area contributed by atoms with E-state index < -0.39 is 36.0 Å². The number of carbonyl (C=O) groups is 3. The fourth-order valence-corrected chi connectivity index (χ4v) is 4.99. The molecule has 2 aliphatic heterocycles. The van der Waals surface area contributed by atoms with Gasteiger partial charge in [-0.1, -0.05) is 36.8 Å². The van der Waals surface area contributed by atoms with Crippen molar-refractivity contribution in [2.45, 2.75) is 56.9 Å². The molecule has 41 heavy (non-hydrogen) atoms. The van der Waals surface area contributed by atoms with Gasteiger partial charge in [0.05, 0.1) is 13.7 Å². The number of aliphatic carboxylic acids is 1. The Hall–Kier alpha value is -3.67. The fourth-order valence-electron chi connectivity index (χ4n) is 4.99. The molecule has 0 radical (unpaired) electrons. The van der Waals surface area contributed by atoms with E-state index in [0.717, 1.165) is 31.6 Å². The summed E-state index contributed by atoms with van der Waals surface area (Å²) in [5.41, 5.74) is 1.47. The maximum absolute atomic E-state index is 13.0. The maximum atomic E-state index is 13.0. The van der Waals surface area contributed by atoms with E-state index in [1.807, 2.05) is 18.2 Å². The number of para-hydroxylation sites is 1. The van der Waals surface area contributed by atoms with Crippen LogP contribution in [0.25, 0.3) is 0 Å². The first-order valence-corrected chi connectivity index (χ1v) is 14.0. The molecule has 3 N–H and O–H groups in total. The highest BCUT2D eigenvalue weighted by Gasteiger charge is 2.41. The largest absolute Gasteiger partial charge is 0.496 e. The second kappa shape index (κ2) is 15.4. The molecular weight excluding hydrogens is 530 g/mol. The molecule has 2 amide bonds. The highest BCUT2D eigenvalue weighted by Crippen LogP contribution is 2.19. The van der Waals surface area contributed by atoms with Gasteiger partial charge in [-0.25, -0.2) is 4.79 Å². The summed E-state index contributed by atoms with van der Waals surface area (Å²) in [6.07, 6.45) is 2.35. The number of amides is 2. The molecule has 2 aromatic rings. The minimum atomic E-state index is -1.28. The molecule has 2 aromatic carbocycles. The van der Waals surface area contributed by atoms with Crippen LogP contribution in [0.3, 0.4) is 0 Å². The summed E-state index contributed by atoms with van der Waals surface area (Å²) in [5.74, 6) is -1.16. The Morgan fingerprint density at radius 2 is 1.71 bits per heavy atom. The number of likely N-dealkylation sites (tertiary alicyclic amines) is 1. The lowest BCUT2D eigenvalue weighted by Crippen LogP contribution is -2.52. The van der Waals surface area contributed by atoms with Crippen molar-refractivity contribution in [2.24, 2.45) is 0 Å². The fraction of sp³-hybridized carbons (Fsp3) is 0.500. The zero-order valence-corrected chi connectivity index (χ0v) is 23.4. The molecule has 11 nitrogen and oxygen atoms in total. The zero-order valence-electron chi connectivity index (χ0n) is 23.4. The SMILES string of the molecule is COc1ccccc1CNC(=O)C1OCOC1C(=O)NC(Cc1ccc(OCCCN2CCCCC2)cc1)C(=O)O. The molecule has 2 fully saturated rings. The van der Waals surface area contributed by atoms with Crippen molar-refractivity contribution in [3.05, 3.63) is 59.7 Å². The number of nitrogens with zero attached hydrogens (tertiary/aromatic N) is 1. The molecule has 0 bridgehead atoms. The summed E-state index contributed by atoms with van der Waals surface area (Å²) in [7, 11) is 1.54. The van der Waals surface area contributed by atoms with Crippen molar-refractivity contribution >= 4 is 17.8 Å². The standard InChI is InChI=1S/C30H39N3O8/c1-38-25-9-4-3-8-22(25)19-31-28(34)26-27(41-20-40-26)29(35)32-24(30(36)37)18-21-10-12-23(13-11-21)39-17-7-16-33-14-5-2-6-15-33/h3-4,8-13,24,26-27H,2,5-7,14-20H2,1H3,(H,31,34)(H,32,35)(H,36,37). The molecular formula is C30H39N3O8. The van der Waals surface area contributed by atoms with Crippen molar-refractivity contribution in [2.75, 3.05) is 40.1 Å². The molecule has 0 saturated carbocycles. The van der Waals surface area contributed by atoms with Crippen LogP contribution in [0.4, 0.5) is 0 Å². The summed E-state index contributed by atoms with van der Waals surface area (Å²) >= 11 is 0. The molecule has 2 aliphatic rings. The third-order valence-electron chi connectivity index (χ3n) is 7.25. The molecule has 0 aromatic heterocycles. The number of ether oxygens (including phenoxy) is 4. The van der Waals surface area contributed by atoms with Crippen LogP contribution in [0.2, 0.25) is 0 Å². The Morgan fingerprint density at radius 3 is 2.41 bits per heavy atom. The molecule has 4 rings (SSSR count). The summed E-state index contributed by atoms with van der Waals surface area (Å²) in [6, 6.07) is 13.2. The van der Waals surface area contributed by atoms with Gasteiger partial charge in [0.15, 0.2) is 12.2 Å². The minimum Gasteiger partial charge on any atom is -0.496 e. The molecule has 3 unspecified atom stereocenters.